The Morgan fingerprint density at radius 3 is 2.54 bits per heavy atom. The number of rotatable bonds is 5. The van der Waals surface area contributed by atoms with E-state index in [4.69, 9.17) is 0 Å². The number of nitrogens with one attached hydrogen (secondary N) is 1. The van der Waals surface area contributed by atoms with E-state index < -0.39 is 15.6 Å². The number of hydrogen-bond donors (Lipinski definition) is 1. The van der Waals surface area contributed by atoms with Gasteiger partial charge < -0.3 is 0 Å². The molecule has 2 atom stereocenters. The maximum absolute atomic E-state index is 13.4. The van der Waals surface area contributed by atoms with Gasteiger partial charge in [-0.1, -0.05) is 73.2 Å². The van der Waals surface area contributed by atoms with Crippen molar-refractivity contribution in [1.82, 2.24) is 4.72 Å². The lowest BCUT2D eigenvalue weighted by Gasteiger charge is -2.47. The third-order valence-electron chi connectivity index (χ3n) is 6.14. The molecule has 0 heterocycles. The summed E-state index contributed by atoms with van der Waals surface area (Å²) in [6.45, 7) is 2.07. The molecule has 2 unspecified atom stereocenters. The Morgan fingerprint density at radius 2 is 1.82 bits per heavy atom. The lowest BCUT2D eigenvalue weighted by atomic mass is 9.65. The molecule has 0 amide bonds. The van der Waals surface area contributed by atoms with Crippen molar-refractivity contribution in [3.63, 3.8) is 0 Å². The molecule has 28 heavy (non-hydrogen) atoms. The van der Waals surface area contributed by atoms with Gasteiger partial charge in [0.2, 0.25) is 10.0 Å². The van der Waals surface area contributed by atoms with Crippen molar-refractivity contribution < 1.29 is 8.42 Å². The molecule has 0 radical (unpaired) electrons. The predicted octanol–water partition coefficient (Wildman–Crippen LogP) is 5.11. The minimum absolute atomic E-state index is 0.151. The normalized spacial score (nSPS) is 24.5. The topological polar surface area (TPSA) is 46.2 Å². The maximum Gasteiger partial charge on any atom is 0.241 e. The highest BCUT2D eigenvalue weighted by molar-refractivity contribution is 7.89. The standard InChI is InChI=1S/C24H27NO2S/c1-2-19-14-16-22(17-15-19)28(26,27)25-24(21-11-4-3-5-12-21)18-8-10-20-9-6-7-13-23(20)24/h3-7,9,11-12,14-17,23,25H,2,8,10,13,18H2,1H3. The molecule has 2 aliphatic carbocycles. The first-order chi connectivity index (χ1) is 13.5. The van der Waals surface area contributed by atoms with Crippen molar-refractivity contribution in [3.8, 4) is 0 Å². The zero-order valence-electron chi connectivity index (χ0n) is 16.3. The molecule has 0 saturated heterocycles. The average Bonchev–Trinajstić information content (AvgIpc) is 2.74. The fraction of sp³-hybridized carbons (Fsp3) is 0.333. The molecule has 2 aromatic carbocycles. The van der Waals surface area contributed by atoms with Crippen LogP contribution >= 0.6 is 0 Å². The van der Waals surface area contributed by atoms with Crippen molar-refractivity contribution in [2.75, 3.05) is 0 Å². The Kier molecular flexibility index (Phi) is 5.26. The van der Waals surface area contributed by atoms with Crippen LogP contribution in [0.4, 0.5) is 0 Å². The molecule has 4 heteroatoms. The molecule has 0 bridgehead atoms. The van der Waals surface area contributed by atoms with E-state index in [0.717, 1.165) is 43.2 Å². The van der Waals surface area contributed by atoms with Gasteiger partial charge in [-0.2, -0.15) is 4.72 Å². The van der Waals surface area contributed by atoms with Crippen molar-refractivity contribution in [1.29, 1.82) is 0 Å². The summed E-state index contributed by atoms with van der Waals surface area (Å²) in [5, 5.41) is 0. The van der Waals surface area contributed by atoms with Crippen molar-refractivity contribution in [2.45, 2.75) is 49.5 Å². The minimum Gasteiger partial charge on any atom is -0.207 e. The Hall–Kier alpha value is -2.17. The van der Waals surface area contributed by atoms with Crippen LogP contribution in [0, 0.1) is 5.92 Å². The molecular weight excluding hydrogens is 366 g/mol. The highest BCUT2D eigenvalue weighted by atomic mass is 32.2. The second-order valence-corrected chi connectivity index (χ2v) is 9.43. The van der Waals surface area contributed by atoms with Crippen LogP contribution < -0.4 is 4.72 Å². The fourth-order valence-corrected chi connectivity index (χ4v) is 6.11. The molecular formula is C24H27NO2S. The lowest BCUT2D eigenvalue weighted by molar-refractivity contribution is 0.221. The first-order valence-electron chi connectivity index (χ1n) is 10.1. The van der Waals surface area contributed by atoms with Gasteiger partial charge in [0.1, 0.15) is 0 Å². The summed E-state index contributed by atoms with van der Waals surface area (Å²) in [7, 11) is -3.64. The van der Waals surface area contributed by atoms with E-state index >= 15 is 0 Å². The van der Waals surface area contributed by atoms with Crippen LogP contribution in [0.5, 0.6) is 0 Å². The number of sulfonamides is 1. The molecule has 2 aromatic rings. The van der Waals surface area contributed by atoms with Gasteiger partial charge in [-0.15, -0.1) is 0 Å². The number of allylic oxidation sites excluding steroid dienone is 3. The van der Waals surface area contributed by atoms with E-state index in [0.29, 0.717) is 4.90 Å². The van der Waals surface area contributed by atoms with Gasteiger partial charge in [-0.25, -0.2) is 8.42 Å². The molecule has 2 aliphatic rings. The van der Waals surface area contributed by atoms with Gasteiger partial charge in [0, 0.05) is 5.92 Å². The molecule has 146 valence electrons. The third-order valence-corrected chi connectivity index (χ3v) is 7.67. The SMILES string of the molecule is CCc1ccc(S(=O)(=O)NC2(c3ccccc3)CCCC3=CC=CCC32)cc1. The second-order valence-electron chi connectivity index (χ2n) is 7.75. The van der Waals surface area contributed by atoms with Crippen LogP contribution in [0.2, 0.25) is 0 Å². The third kappa shape index (κ3) is 3.47. The van der Waals surface area contributed by atoms with Crippen molar-refractivity contribution in [2.24, 2.45) is 5.92 Å². The number of benzene rings is 2. The summed E-state index contributed by atoms with van der Waals surface area (Å²) < 4.78 is 30.0. The van der Waals surface area contributed by atoms with Gasteiger partial charge in [0.15, 0.2) is 0 Å². The molecule has 0 spiro atoms. The quantitative estimate of drug-likeness (QED) is 0.767. The van der Waals surface area contributed by atoms with E-state index in [1.165, 1.54) is 5.57 Å². The number of aryl methyl sites for hydroxylation is 1. The Balaban J connectivity index is 1.78. The van der Waals surface area contributed by atoms with E-state index in [1.54, 1.807) is 12.1 Å². The molecule has 0 aromatic heterocycles. The summed E-state index contributed by atoms with van der Waals surface area (Å²) in [5.41, 5.74) is 2.92. The molecule has 0 aliphatic heterocycles. The number of fused-ring (bicyclic) bond motifs is 1. The number of hydrogen-bond acceptors (Lipinski definition) is 2. The fourth-order valence-electron chi connectivity index (χ4n) is 4.66. The molecule has 1 fully saturated rings. The highest BCUT2D eigenvalue weighted by Gasteiger charge is 2.46. The second kappa shape index (κ2) is 7.69. The monoisotopic (exact) mass is 393 g/mol. The van der Waals surface area contributed by atoms with E-state index in [2.05, 4.69) is 42.0 Å². The van der Waals surface area contributed by atoms with Crippen LogP contribution in [0.3, 0.4) is 0 Å². The predicted molar refractivity (Wildman–Crippen MR) is 113 cm³/mol. The van der Waals surface area contributed by atoms with Gasteiger partial charge in [0.05, 0.1) is 10.4 Å². The zero-order chi connectivity index (χ0) is 19.6. The average molecular weight is 394 g/mol. The van der Waals surface area contributed by atoms with E-state index in [-0.39, 0.29) is 5.92 Å². The van der Waals surface area contributed by atoms with Crippen LogP contribution in [0.25, 0.3) is 0 Å². The zero-order valence-corrected chi connectivity index (χ0v) is 17.1. The largest absolute Gasteiger partial charge is 0.241 e. The summed E-state index contributed by atoms with van der Waals surface area (Å²) in [5.74, 6) is 0.151. The summed E-state index contributed by atoms with van der Waals surface area (Å²) in [6.07, 6.45) is 11.0. The Bertz CT molecular complexity index is 991. The molecule has 1 N–H and O–H groups in total. The van der Waals surface area contributed by atoms with Crippen molar-refractivity contribution >= 4 is 10.0 Å². The van der Waals surface area contributed by atoms with Gasteiger partial charge in [-0.05, 0) is 55.4 Å². The van der Waals surface area contributed by atoms with Gasteiger partial charge in [0.25, 0.3) is 0 Å². The van der Waals surface area contributed by atoms with Crippen LogP contribution in [-0.4, -0.2) is 8.42 Å². The first-order valence-corrected chi connectivity index (χ1v) is 11.6. The molecule has 4 rings (SSSR count). The molecule has 3 nitrogen and oxygen atoms in total. The van der Waals surface area contributed by atoms with Crippen LogP contribution in [0.1, 0.15) is 43.7 Å². The van der Waals surface area contributed by atoms with E-state index in [1.807, 2.05) is 30.3 Å². The van der Waals surface area contributed by atoms with Gasteiger partial charge >= 0.3 is 0 Å². The highest BCUT2D eigenvalue weighted by Crippen LogP contribution is 2.48. The van der Waals surface area contributed by atoms with Crippen LogP contribution in [-0.2, 0) is 22.0 Å². The molecule has 1 saturated carbocycles. The Labute approximate surface area is 168 Å². The van der Waals surface area contributed by atoms with Crippen molar-refractivity contribution in [3.05, 3.63) is 89.5 Å². The van der Waals surface area contributed by atoms with Gasteiger partial charge in [-0.3, -0.25) is 0 Å². The Morgan fingerprint density at radius 1 is 1.07 bits per heavy atom. The smallest absolute Gasteiger partial charge is 0.207 e. The maximum atomic E-state index is 13.4. The lowest BCUT2D eigenvalue weighted by Crippen LogP contribution is -2.53. The summed E-state index contributed by atoms with van der Waals surface area (Å²) in [4.78, 5) is 0.336. The van der Waals surface area contributed by atoms with Crippen LogP contribution in [0.15, 0.2) is 83.3 Å². The minimum atomic E-state index is -3.64. The first kappa shape index (κ1) is 19.2. The summed E-state index contributed by atoms with van der Waals surface area (Å²) >= 11 is 0. The van der Waals surface area contributed by atoms with E-state index in [9.17, 15) is 8.42 Å². The summed E-state index contributed by atoms with van der Waals surface area (Å²) in [6, 6.07) is 17.3.